The van der Waals surface area contributed by atoms with Crippen molar-refractivity contribution in [2.24, 2.45) is 5.73 Å². The van der Waals surface area contributed by atoms with Gasteiger partial charge < -0.3 is 5.73 Å². The van der Waals surface area contributed by atoms with Crippen molar-refractivity contribution in [2.75, 3.05) is 7.11 Å². The van der Waals surface area contributed by atoms with Crippen LogP contribution in [0.1, 0.15) is 12.0 Å². The van der Waals surface area contributed by atoms with Crippen molar-refractivity contribution in [3.8, 4) is 11.1 Å². The summed E-state index contributed by atoms with van der Waals surface area (Å²) in [6.45, 7) is 0. The molecule has 0 atom stereocenters. The second kappa shape index (κ2) is 7.90. The molecule has 2 aromatic carbocycles. The quantitative estimate of drug-likeness (QED) is 0.838. The molecule has 0 saturated carbocycles. The van der Waals surface area contributed by atoms with Crippen molar-refractivity contribution in [1.29, 1.82) is 0 Å². The van der Waals surface area contributed by atoms with E-state index in [0.29, 0.717) is 11.5 Å². The van der Waals surface area contributed by atoms with Gasteiger partial charge in [-0.25, -0.2) is 9.18 Å². The highest BCUT2D eigenvalue weighted by atomic mass is 35.5. The number of halogens is 2. The summed E-state index contributed by atoms with van der Waals surface area (Å²) in [7, 11) is 1.20. The minimum Gasteiger partial charge on any atom is -0.349 e. The van der Waals surface area contributed by atoms with E-state index in [0.717, 1.165) is 16.7 Å². The zero-order chi connectivity index (χ0) is 17.7. The lowest BCUT2D eigenvalue weighted by molar-refractivity contribution is -0.159. The van der Waals surface area contributed by atoms with E-state index in [2.05, 4.69) is 4.84 Å². The fourth-order valence-corrected chi connectivity index (χ4v) is 2.39. The molecule has 2 N–H and O–H groups in total. The molecule has 0 heterocycles. The lowest BCUT2D eigenvalue weighted by Gasteiger charge is -2.14. The molecule has 0 unspecified atom stereocenters. The third-order valence-electron chi connectivity index (χ3n) is 3.44. The number of hydrogen-bond donors (Lipinski definition) is 1. The fraction of sp³-hybridized carbons (Fsp3) is 0.176. The van der Waals surface area contributed by atoms with Gasteiger partial charge in [-0.1, -0.05) is 41.9 Å². The van der Waals surface area contributed by atoms with Gasteiger partial charge >= 0.3 is 6.03 Å². The molecule has 24 heavy (non-hydrogen) atoms. The van der Waals surface area contributed by atoms with Crippen LogP contribution >= 0.6 is 11.6 Å². The fourth-order valence-electron chi connectivity index (χ4n) is 2.21. The number of benzene rings is 2. The number of nitrogens with two attached hydrogens (primary N) is 1. The van der Waals surface area contributed by atoms with Gasteiger partial charge in [-0.2, -0.15) is 0 Å². The summed E-state index contributed by atoms with van der Waals surface area (Å²) in [5, 5.41) is 0.586. The molecule has 0 aliphatic carbocycles. The lowest BCUT2D eigenvalue weighted by Crippen LogP contribution is -2.39. The predicted octanol–water partition coefficient (Wildman–Crippen LogP) is 3.55. The largest absolute Gasteiger partial charge is 0.349 e. The van der Waals surface area contributed by atoms with E-state index < -0.39 is 17.8 Å². The second-order valence-corrected chi connectivity index (χ2v) is 5.44. The van der Waals surface area contributed by atoms with Crippen LogP contribution < -0.4 is 5.73 Å². The van der Waals surface area contributed by atoms with Gasteiger partial charge in [-0.3, -0.25) is 9.63 Å². The maximum Gasteiger partial charge on any atom is 0.346 e. The van der Waals surface area contributed by atoms with E-state index in [1.54, 1.807) is 12.1 Å². The van der Waals surface area contributed by atoms with Crippen molar-refractivity contribution in [2.45, 2.75) is 12.8 Å². The van der Waals surface area contributed by atoms with Gasteiger partial charge in [0.05, 0.1) is 12.1 Å². The van der Waals surface area contributed by atoms with Crippen molar-refractivity contribution in [1.82, 2.24) is 5.06 Å². The Bertz CT molecular complexity index is 750. The van der Waals surface area contributed by atoms with Crippen LogP contribution in [0.5, 0.6) is 0 Å². The van der Waals surface area contributed by atoms with Gasteiger partial charge in [0.2, 0.25) is 0 Å². The highest BCUT2D eigenvalue weighted by molar-refractivity contribution is 6.31. The summed E-state index contributed by atoms with van der Waals surface area (Å²) in [4.78, 5) is 27.4. The summed E-state index contributed by atoms with van der Waals surface area (Å²) in [5.41, 5.74) is 7.60. The number of primary amides is 1. The first-order valence-electron chi connectivity index (χ1n) is 7.13. The molecule has 0 spiro atoms. The molecule has 2 rings (SSSR count). The molecule has 5 nitrogen and oxygen atoms in total. The van der Waals surface area contributed by atoms with E-state index in [4.69, 9.17) is 17.3 Å². The van der Waals surface area contributed by atoms with Crippen LogP contribution in [0.3, 0.4) is 0 Å². The lowest BCUT2D eigenvalue weighted by atomic mass is 10.0. The van der Waals surface area contributed by atoms with E-state index in [1.807, 2.05) is 24.3 Å². The number of aryl methyl sites for hydroxylation is 1. The number of hydroxylamine groups is 2. The van der Waals surface area contributed by atoms with E-state index in [1.165, 1.54) is 13.2 Å². The van der Waals surface area contributed by atoms with Crippen molar-refractivity contribution in [3.05, 3.63) is 58.9 Å². The Hall–Kier alpha value is -2.44. The van der Waals surface area contributed by atoms with Gasteiger partial charge in [-0.15, -0.1) is 5.06 Å². The number of carbonyl (C=O) groups is 2. The number of imide groups is 1. The number of hydrogen-bond acceptors (Lipinski definition) is 3. The third-order valence-corrected chi connectivity index (χ3v) is 3.73. The third kappa shape index (κ3) is 4.31. The number of urea groups is 1. The zero-order valence-electron chi connectivity index (χ0n) is 13.0. The maximum atomic E-state index is 13.2. The van der Waals surface area contributed by atoms with Gasteiger partial charge in [0.25, 0.3) is 5.91 Å². The van der Waals surface area contributed by atoms with Crippen LogP contribution in [0.15, 0.2) is 42.5 Å². The van der Waals surface area contributed by atoms with Crippen LogP contribution in [-0.4, -0.2) is 24.1 Å². The van der Waals surface area contributed by atoms with Crippen LogP contribution in [0.2, 0.25) is 5.02 Å². The van der Waals surface area contributed by atoms with E-state index in [-0.39, 0.29) is 11.4 Å². The Morgan fingerprint density at radius 2 is 1.79 bits per heavy atom. The summed E-state index contributed by atoms with van der Waals surface area (Å²) in [6.07, 6.45) is 0.509. The van der Waals surface area contributed by atoms with Crippen molar-refractivity contribution >= 4 is 23.5 Å². The number of nitrogens with zero attached hydrogens (tertiary/aromatic N) is 1. The molecule has 126 valence electrons. The molecule has 0 bridgehead atoms. The van der Waals surface area contributed by atoms with Crippen LogP contribution in [-0.2, 0) is 16.1 Å². The first kappa shape index (κ1) is 17.9. The molecule has 0 saturated heterocycles. The van der Waals surface area contributed by atoms with Crippen molar-refractivity contribution < 1.29 is 18.8 Å². The Morgan fingerprint density at radius 3 is 2.33 bits per heavy atom. The summed E-state index contributed by atoms with van der Waals surface area (Å²) in [6, 6.07) is 11.0. The maximum absolute atomic E-state index is 13.2. The normalized spacial score (nSPS) is 10.5. The molecule has 7 heteroatoms. The Kier molecular flexibility index (Phi) is 5.89. The predicted molar refractivity (Wildman–Crippen MR) is 88.6 cm³/mol. The molecule has 0 radical (unpaired) electrons. The minimum atomic E-state index is -0.953. The molecule has 0 fully saturated rings. The van der Waals surface area contributed by atoms with Gasteiger partial charge in [0.15, 0.2) is 0 Å². The van der Waals surface area contributed by atoms with Crippen molar-refractivity contribution in [3.63, 3.8) is 0 Å². The molecular formula is C17H16ClFN2O3. The summed E-state index contributed by atoms with van der Waals surface area (Å²) >= 11 is 5.78. The SMILES string of the molecule is CON(C(N)=O)C(=O)CCc1ccc(-c2ccc(F)c(Cl)c2)cc1. The number of rotatable bonds is 5. The zero-order valence-corrected chi connectivity index (χ0v) is 13.7. The monoisotopic (exact) mass is 350 g/mol. The van der Waals surface area contributed by atoms with Crippen LogP contribution in [0, 0.1) is 5.82 Å². The summed E-state index contributed by atoms with van der Waals surface area (Å²) < 4.78 is 13.2. The average molecular weight is 351 g/mol. The molecule has 0 aromatic heterocycles. The first-order valence-corrected chi connectivity index (χ1v) is 7.51. The molecule has 2 aromatic rings. The molecule has 3 amide bonds. The van der Waals surface area contributed by atoms with E-state index >= 15 is 0 Å². The molecule has 0 aliphatic rings. The van der Waals surface area contributed by atoms with Crippen LogP contribution in [0.4, 0.5) is 9.18 Å². The first-order chi connectivity index (χ1) is 11.4. The average Bonchev–Trinajstić information content (AvgIpc) is 2.56. The second-order valence-electron chi connectivity index (χ2n) is 5.03. The Balaban J connectivity index is 2.03. The van der Waals surface area contributed by atoms with E-state index in [9.17, 15) is 14.0 Å². The topological polar surface area (TPSA) is 72.6 Å². The smallest absolute Gasteiger partial charge is 0.346 e. The highest BCUT2D eigenvalue weighted by Gasteiger charge is 2.18. The standard InChI is InChI=1S/C17H16ClFN2O3/c1-24-21(17(20)23)16(22)9-4-11-2-5-12(6-3-11)13-7-8-15(19)14(18)10-13/h2-3,5-8,10H,4,9H2,1H3,(H2,20,23). The molecular weight excluding hydrogens is 335 g/mol. The Morgan fingerprint density at radius 1 is 1.17 bits per heavy atom. The number of carbonyl (C=O) groups excluding carboxylic acids is 2. The highest BCUT2D eigenvalue weighted by Crippen LogP contribution is 2.25. The number of amides is 3. The van der Waals surface area contributed by atoms with Gasteiger partial charge in [-0.05, 0) is 35.2 Å². The van der Waals surface area contributed by atoms with Crippen LogP contribution in [0.25, 0.3) is 11.1 Å². The summed E-state index contributed by atoms with van der Waals surface area (Å²) in [5.74, 6) is -0.980. The Labute approximate surface area is 143 Å². The van der Waals surface area contributed by atoms with Gasteiger partial charge in [0.1, 0.15) is 5.82 Å². The minimum absolute atomic E-state index is 0.0632. The molecule has 0 aliphatic heterocycles. The van der Waals surface area contributed by atoms with Gasteiger partial charge in [0, 0.05) is 6.42 Å².